The van der Waals surface area contributed by atoms with Crippen molar-refractivity contribution in [3.05, 3.63) is 11.8 Å². The van der Waals surface area contributed by atoms with E-state index in [9.17, 15) is 0 Å². The molecule has 0 fully saturated rings. The summed E-state index contributed by atoms with van der Waals surface area (Å²) >= 11 is 0. The molecule has 0 aliphatic carbocycles. The van der Waals surface area contributed by atoms with Crippen molar-refractivity contribution in [2.24, 2.45) is 0 Å². The van der Waals surface area contributed by atoms with Crippen molar-refractivity contribution >= 4 is 5.95 Å². The SMILES string of the molecule is CCCCCCC(C)Oc1cc(C)nc(NCC)n1. The number of hydrogen-bond donors (Lipinski definition) is 1. The number of hydrogen-bond acceptors (Lipinski definition) is 4. The molecule has 0 aliphatic rings. The summed E-state index contributed by atoms with van der Waals surface area (Å²) < 4.78 is 5.87. The molecule has 4 nitrogen and oxygen atoms in total. The van der Waals surface area contributed by atoms with Crippen LogP contribution < -0.4 is 10.1 Å². The fourth-order valence-corrected chi connectivity index (χ4v) is 1.96. The van der Waals surface area contributed by atoms with Crippen LogP contribution in [0, 0.1) is 6.92 Å². The highest BCUT2D eigenvalue weighted by Crippen LogP contribution is 2.16. The molecule has 0 spiro atoms. The van der Waals surface area contributed by atoms with E-state index in [2.05, 4.69) is 29.1 Å². The summed E-state index contributed by atoms with van der Waals surface area (Å²) in [6.45, 7) is 9.14. The van der Waals surface area contributed by atoms with E-state index in [0.717, 1.165) is 18.7 Å². The Bertz CT molecular complexity index is 368. The molecule has 1 atom stereocenters. The summed E-state index contributed by atoms with van der Waals surface area (Å²) in [5.74, 6) is 1.32. The zero-order valence-corrected chi connectivity index (χ0v) is 12.7. The van der Waals surface area contributed by atoms with Crippen LogP contribution in [0.1, 0.15) is 58.6 Å². The van der Waals surface area contributed by atoms with Crippen LogP contribution in [-0.2, 0) is 0 Å². The lowest BCUT2D eigenvalue weighted by molar-refractivity contribution is 0.198. The third-order valence-corrected chi connectivity index (χ3v) is 2.95. The van der Waals surface area contributed by atoms with Gasteiger partial charge in [0.25, 0.3) is 0 Å². The van der Waals surface area contributed by atoms with E-state index in [1.807, 2.05) is 19.9 Å². The van der Waals surface area contributed by atoms with Gasteiger partial charge in [-0.3, -0.25) is 0 Å². The van der Waals surface area contributed by atoms with Gasteiger partial charge in [-0.25, -0.2) is 4.98 Å². The van der Waals surface area contributed by atoms with Gasteiger partial charge in [-0.2, -0.15) is 4.98 Å². The second-order valence-corrected chi connectivity index (χ2v) is 4.98. The van der Waals surface area contributed by atoms with Gasteiger partial charge in [0.05, 0.1) is 6.10 Å². The van der Waals surface area contributed by atoms with Crippen LogP contribution in [-0.4, -0.2) is 22.6 Å². The number of unbranched alkanes of at least 4 members (excludes halogenated alkanes) is 3. The van der Waals surface area contributed by atoms with Crippen molar-refractivity contribution in [1.29, 1.82) is 0 Å². The average Bonchev–Trinajstić information content (AvgIpc) is 2.34. The van der Waals surface area contributed by atoms with Gasteiger partial charge in [0, 0.05) is 18.3 Å². The Kier molecular flexibility index (Phi) is 7.23. The van der Waals surface area contributed by atoms with E-state index >= 15 is 0 Å². The maximum absolute atomic E-state index is 5.87. The number of aryl methyl sites for hydroxylation is 1. The second-order valence-electron chi connectivity index (χ2n) is 4.98. The molecule has 1 rings (SSSR count). The Balaban J connectivity index is 2.46. The van der Waals surface area contributed by atoms with Crippen molar-refractivity contribution < 1.29 is 4.74 Å². The number of rotatable bonds is 9. The maximum Gasteiger partial charge on any atom is 0.226 e. The minimum Gasteiger partial charge on any atom is -0.475 e. The third kappa shape index (κ3) is 6.41. The summed E-state index contributed by atoms with van der Waals surface area (Å²) in [4.78, 5) is 8.68. The van der Waals surface area contributed by atoms with Crippen molar-refractivity contribution in [3.63, 3.8) is 0 Å². The lowest BCUT2D eigenvalue weighted by Crippen LogP contribution is -2.14. The molecule has 19 heavy (non-hydrogen) atoms. The van der Waals surface area contributed by atoms with E-state index < -0.39 is 0 Å². The van der Waals surface area contributed by atoms with E-state index in [0.29, 0.717) is 11.8 Å². The standard InChI is InChI=1S/C15H27N3O/c1-5-7-8-9-10-13(4)19-14-11-12(3)17-15(18-14)16-6-2/h11,13H,5-10H2,1-4H3,(H,16,17,18). The molecule has 1 heterocycles. The number of nitrogens with one attached hydrogen (secondary N) is 1. The Morgan fingerprint density at radius 1 is 1.21 bits per heavy atom. The monoisotopic (exact) mass is 265 g/mol. The zero-order valence-electron chi connectivity index (χ0n) is 12.7. The minimum absolute atomic E-state index is 0.209. The fraction of sp³-hybridized carbons (Fsp3) is 0.733. The maximum atomic E-state index is 5.87. The van der Waals surface area contributed by atoms with Gasteiger partial charge in [-0.05, 0) is 33.6 Å². The number of ether oxygens (including phenoxy) is 1. The molecule has 1 aromatic rings. The van der Waals surface area contributed by atoms with Crippen molar-refractivity contribution in [2.45, 2.75) is 65.9 Å². The molecule has 1 N–H and O–H groups in total. The molecule has 0 aromatic carbocycles. The van der Waals surface area contributed by atoms with E-state index in [4.69, 9.17) is 4.74 Å². The van der Waals surface area contributed by atoms with Gasteiger partial charge in [-0.1, -0.05) is 26.2 Å². The van der Waals surface area contributed by atoms with Gasteiger partial charge in [0.1, 0.15) is 0 Å². The molecule has 0 bridgehead atoms. The average molecular weight is 265 g/mol. The van der Waals surface area contributed by atoms with Crippen molar-refractivity contribution in [1.82, 2.24) is 9.97 Å². The van der Waals surface area contributed by atoms with Gasteiger partial charge in [0.2, 0.25) is 11.8 Å². The van der Waals surface area contributed by atoms with Crippen molar-refractivity contribution in [2.75, 3.05) is 11.9 Å². The number of aromatic nitrogens is 2. The molecule has 1 unspecified atom stereocenters. The first-order valence-corrected chi connectivity index (χ1v) is 7.41. The highest BCUT2D eigenvalue weighted by molar-refractivity contribution is 5.30. The molecule has 1 aromatic heterocycles. The summed E-state index contributed by atoms with van der Waals surface area (Å²) in [6, 6.07) is 1.89. The van der Waals surface area contributed by atoms with Gasteiger partial charge >= 0.3 is 0 Å². The van der Waals surface area contributed by atoms with Crippen LogP contribution in [0.15, 0.2) is 6.07 Å². The Labute approximate surface area is 117 Å². The molecule has 4 heteroatoms. The topological polar surface area (TPSA) is 47.0 Å². The van der Waals surface area contributed by atoms with E-state index in [1.165, 1.54) is 25.7 Å². The molecular formula is C15H27N3O. The predicted octanol–water partition coefficient (Wildman–Crippen LogP) is 3.95. The Morgan fingerprint density at radius 3 is 2.68 bits per heavy atom. The first-order chi connectivity index (χ1) is 9.15. The molecule has 0 amide bonds. The smallest absolute Gasteiger partial charge is 0.226 e. The van der Waals surface area contributed by atoms with E-state index in [1.54, 1.807) is 0 Å². The number of nitrogens with zero attached hydrogens (tertiary/aromatic N) is 2. The Morgan fingerprint density at radius 2 is 2.00 bits per heavy atom. The van der Waals surface area contributed by atoms with Gasteiger partial charge < -0.3 is 10.1 Å². The lowest BCUT2D eigenvalue weighted by Gasteiger charge is -2.14. The molecule has 0 saturated carbocycles. The zero-order chi connectivity index (χ0) is 14.1. The quantitative estimate of drug-likeness (QED) is 0.687. The molecule has 0 radical (unpaired) electrons. The summed E-state index contributed by atoms with van der Waals surface area (Å²) in [6.07, 6.45) is 6.38. The highest BCUT2D eigenvalue weighted by Gasteiger charge is 2.07. The molecule has 0 aliphatic heterocycles. The van der Waals surface area contributed by atoms with Gasteiger partial charge in [-0.15, -0.1) is 0 Å². The first-order valence-electron chi connectivity index (χ1n) is 7.41. The Hall–Kier alpha value is -1.32. The summed E-state index contributed by atoms with van der Waals surface area (Å²) in [7, 11) is 0. The van der Waals surface area contributed by atoms with E-state index in [-0.39, 0.29) is 6.10 Å². The second kappa shape index (κ2) is 8.73. The van der Waals surface area contributed by atoms with Crippen LogP contribution in [0.2, 0.25) is 0 Å². The van der Waals surface area contributed by atoms with Crippen molar-refractivity contribution in [3.8, 4) is 5.88 Å². The van der Waals surface area contributed by atoms with Gasteiger partial charge in [0.15, 0.2) is 0 Å². The number of anilines is 1. The minimum atomic E-state index is 0.209. The third-order valence-electron chi connectivity index (χ3n) is 2.95. The first kappa shape index (κ1) is 15.7. The molecule has 0 saturated heterocycles. The fourth-order valence-electron chi connectivity index (χ4n) is 1.96. The normalized spacial score (nSPS) is 12.2. The summed E-state index contributed by atoms with van der Waals surface area (Å²) in [5, 5.41) is 3.12. The lowest BCUT2D eigenvalue weighted by atomic mass is 10.1. The van der Waals surface area contributed by atoms with Crippen LogP contribution in [0.5, 0.6) is 5.88 Å². The largest absolute Gasteiger partial charge is 0.475 e. The summed E-state index contributed by atoms with van der Waals surface area (Å²) in [5.41, 5.74) is 0.930. The molecular weight excluding hydrogens is 238 g/mol. The predicted molar refractivity (Wildman–Crippen MR) is 79.8 cm³/mol. The van der Waals surface area contributed by atoms with Crippen LogP contribution in [0.25, 0.3) is 0 Å². The van der Waals surface area contributed by atoms with Crippen LogP contribution >= 0.6 is 0 Å². The highest BCUT2D eigenvalue weighted by atomic mass is 16.5. The van der Waals surface area contributed by atoms with Crippen LogP contribution in [0.3, 0.4) is 0 Å². The molecule has 108 valence electrons. The van der Waals surface area contributed by atoms with Crippen LogP contribution in [0.4, 0.5) is 5.95 Å².